The highest BCUT2D eigenvalue weighted by atomic mass is 32.2. The Balaban J connectivity index is 4.13. The molecular weight excluding hydrogens is 184 g/mol. The molecule has 13 heavy (non-hydrogen) atoms. The van der Waals surface area contributed by atoms with E-state index < -0.39 is 0 Å². The van der Waals surface area contributed by atoms with Gasteiger partial charge in [0.1, 0.15) is 0 Å². The van der Waals surface area contributed by atoms with Crippen molar-refractivity contribution in [2.75, 3.05) is 25.2 Å². The Bertz CT molecular complexity index is 122. The standard InChI is InChI=1S/C10H22O2S/c1-9(2)6-10(7-11,8-12)4-5-13-3/h9,11-12H,4-8H2,1-3H3. The first-order valence-electron chi connectivity index (χ1n) is 4.81. The van der Waals surface area contributed by atoms with Gasteiger partial charge < -0.3 is 10.2 Å². The van der Waals surface area contributed by atoms with Gasteiger partial charge >= 0.3 is 0 Å². The van der Waals surface area contributed by atoms with E-state index in [1.807, 2.05) is 0 Å². The summed E-state index contributed by atoms with van der Waals surface area (Å²) in [4.78, 5) is 0. The monoisotopic (exact) mass is 206 g/mol. The Hall–Kier alpha value is 0.270. The van der Waals surface area contributed by atoms with Gasteiger partial charge in [-0.2, -0.15) is 11.8 Å². The van der Waals surface area contributed by atoms with Crippen LogP contribution in [-0.4, -0.2) is 35.4 Å². The summed E-state index contributed by atoms with van der Waals surface area (Å²) >= 11 is 1.76. The maximum absolute atomic E-state index is 9.28. The van der Waals surface area contributed by atoms with Crippen LogP contribution in [-0.2, 0) is 0 Å². The Morgan fingerprint density at radius 3 is 2.08 bits per heavy atom. The Labute approximate surface area is 85.7 Å². The highest BCUT2D eigenvalue weighted by molar-refractivity contribution is 7.98. The molecule has 0 aromatic carbocycles. The lowest BCUT2D eigenvalue weighted by atomic mass is 9.79. The van der Waals surface area contributed by atoms with E-state index in [0.717, 1.165) is 18.6 Å². The molecule has 0 unspecified atom stereocenters. The van der Waals surface area contributed by atoms with Crippen LogP contribution in [0, 0.1) is 11.3 Å². The van der Waals surface area contributed by atoms with Crippen LogP contribution in [0.15, 0.2) is 0 Å². The molecule has 0 aliphatic rings. The molecule has 0 saturated carbocycles. The molecule has 0 radical (unpaired) electrons. The van der Waals surface area contributed by atoms with Crippen molar-refractivity contribution in [3.63, 3.8) is 0 Å². The quantitative estimate of drug-likeness (QED) is 0.667. The zero-order valence-corrected chi connectivity index (χ0v) is 9.73. The average Bonchev–Trinajstić information content (AvgIpc) is 2.12. The number of aliphatic hydroxyl groups is 2. The van der Waals surface area contributed by atoms with E-state index >= 15 is 0 Å². The van der Waals surface area contributed by atoms with Gasteiger partial charge in [0.15, 0.2) is 0 Å². The molecule has 80 valence electrons. The largest absolute Gasteiger partial charge is 0.396 e. The molecular formula is C10H22O2S. The van der Waals surface area contributed by atoms with E-state index in [1.165, 1.54) is 0 Å². The van der Waals surface area contributed by atoms with Gasteiger partial charge in [-0.15, -0.1) is 0 Å². The van der Waals surface area contributed by atoms with E-state index in [1.54, 1.807) is 11.8 Å². The van der Waals surface area contributed by atoms with Gasteiger partial charge in [-0.1, -0.05) is 13.8 Å². The maximum atomic E-state index is 9.28. The van der Waals surface area contributed by atoms with Crippen molar-refractivity contribution < 1.29 is 10.2 Å². The number of hydrogen-bond acceptors (Lipinski definition) is 3. The number of thioether (sulfide) groups is 1. The minimum Gasteiger partial charge on any atom is -0.396 e. The molecule has 0 rings (SSSR count). The summed E-state index contributed by atoms with van der Waals surface area (Å²) < 4.78 is 0. The minimum atomic E-state index is -0.253. The van der Waals surface area contributed by atoms with Gasteiger partial charge in [-0.05, 0) is 30.8 Å². The van der Waals surface area contributed by atoms with Crippen molar-refractivity contribution in [1.82, 2.24) is 0 Å². The molecule has 2 nitrogen and oxygen atoms in total. The van der Waals surface area contributed by atoms with Crippen LogP contribution in [0.5, 0.6) is 0 Å². The zero-order chi connectivity index (χ0) is 10.3. The summed E-state index contributed by atoms with van der Waals surface area (Å²) in [5.41, 5.74) is -0.253. The topological polar surface area (TPSA) is 40.5 Å². The Morgan fingerprint density at radius 1 is 1.23 bits per heavy atom. The number of aliphatic hydroxyl groups excluding tert-OH is 2. The maximum Gasteiger partial charge on any atom is 0.0509 e. The molecule has 0 amide bonds. The van der Waals surface area contributed by atoms with Crippen molar-refractivity contribution in [2.45, 2.75) is 26.7 Å². The Morgan fingerprint density at radius 2 is 1.77 bits per heavy atom. The summed E-state index contributed by atoms with van der Waals surface area (Å²) in [7, 11) is 0. The van der Waals surface area contributed by atoms with E-state index in [9.17, 15) is 10.2 Å². The second-order valence-corrected chi connectivity index (χ2v) is 5.14. The highest BCUT2D eigenvalue weighted by Gasteiger charge is 2.28. The smallest absolute Gasteiger partial charge is 0.0509 e. The predicted molar refractivity (Wildman–Crippen MR) is 59.1 cm³/mol. The fourth-order valence-electron chi connectivity index (χ4n) is 1.62. The second-order valence-electron chi connectivity index (χ2n) is 4.16. The average molecular weight is 206 g/mol. The van der Waals surface area contributed by atoms with E-state index in [2.05, 4.69) is 20.1 Å². The SMILES string of the molecule is CSCCC(CO)(CO)CC(C)C. The van der Waals surface area contributed by atoms with Crippen molar-refractivity contribution >= 4 is 11.8 Å². The van der Waals surface area contributed by atoms with Crippen LogP contribution >= 0.6 is 11.8 Å². The lowest BCUT2D eigenvalue weighted by Gasteiger charge is -2.31. The van der Waals surface area contributed by atoms with Crippen LogP contribution in [0.4, 0.5) is 0 Å². The van der Waals surface area contributed by atoms with Gasteiger partial charge in [0.25, 0.3) is 0 Å². The zero-order valence-electron chi connectivity index (χ0n) is 8.92. The first-order chi connectivity index (χ1) is 6.10. The number of rotatable bonds is 7. The molecule has 0 aromatic rings. The molecule has 0 heterocycles. The molecule has 0 aromatic heterocycles. The molecule has 3 heteroatoms. The molecule has 0 saturated heterocycles. The van der Waals surface area contributed by atoms with Crippen LogP contribution in [0.25, 0.3) is 0 Å². The molecule has 0 spiro atoms. The normalized spacial score (nSPS) is 12.5. The second kappa shape index (κ2) is 6.68. The molecule has 0 aliphatic carbocycles. The summed E-state index contributed by atoms with van der Waals surface area (Å²) in [6.45, 7) is 4.45. The third-order valence-electron chi connectivity index (χ3n) is 2.35. The third kappa shape index (κ3) is 4.89. The lowest BCUT2D eigenvalue weighted by molar-refractivity contribution is 0.0346. The third-order valence-corrected chi connectivity index (χ3v) is 2.96. The van der Waals surface area contributed by atoms with Crippen molar-refractivity contribution in [2.24, 2.45) is 11.3 Å². The van der Waals surface area contributed by atoms with Crippen molar-refractivity contribution in [1.29, 1.82) is 0 Å². The Kier molecular flexibility index (Phi) is 6.82. The lowest BCUT2D eigenvalue weighted by Crippen LogP contribution is -2.32. The van der Waals surface area contributed by atoms with E-state index in [0.29, 0.717) is 5.92 Å². The van der Waals surface area contributed by atoms with Crippen molar-refractivity contribution in [3.05, 3.63) is 0 Å². The molecule has 2 N–H and O–H groups in total. The van der Waals surface area contributed by atoms with Gasteiger partial charge in [0.2, 0.25) is 0 Å². The van der Waals surface area contributed by atoms with Crippen LogP contribution in [0.1, 0.15) is 26.7 Å². The van der Waals surface area contributed by atoms with Crippen molar-refractivity contribution in [3.8, 4) is 0 Å². The van der Waals surface area contributed by atoms with Crippen LogP contribution in [0.2, 0.25) is 0 Å². The van der Waals surface area contributed by atoms with Gasteiger partial charge in [0.05, 0.1) is 13.2 Å². The summed E-state index contributed by atoms with van der Waals surface area (Å²) in [5, 5.41) is 18.6. The fourth-order valence-corrected chi connectivity index (χ4v) is 2.26. The predicted octanol–water partition coefficient (Wildman–Crippen LogP) is 1.76. The van der Waals surface area contributed by atoms with Crippen LogP contribution < -0.4 is 0 Å². The molecule has 0 atom stereocenters. The number of hydrogen-bond donors (Lipinski definition) is 2. The first kappa shape index (κ1) is 13.3. The van der Waals surface area contributed by atoms with Gasteiger partial charge in [0, 0.05) is 5.41 Å². The van der Waals surface area contributed by atoms with Crippen LogP contribution in [0.3, 0.4) is 0 Å². The van der Waals surface area contributed by atoms with Gasteiger partial charge in [-0.25, -0.2) is 0 Å². The minimum absolute atomic E-state index is 0.0994. The van der Waals surface area contributed by atoms with E-state index in [4.69, 9.17) is 0 Å². The van der Waals surface area contributed by atoms with Gasteiger partial charge in [-0.3, -0.25) is 0 Å². The molecule has 0 bridgehead atoms. The fraction of sp³-hybridized carbons (Fsp3) is 1.00. The molecule has 0 aliphatic heterocycles. The summed E-state index contributed by atoms with van der Waals surface area (Å²) in [5.74, 6) is 1.54. The summed E-state index contributed by atoms with van der Waals surface area (Å²) in [6.07, 6.45) is 3.86. The highest BCUT2D eigenvalue weighted by Crippen LogP contribution is 2.30. The summed E-state index contributed by atoms with van der Waals surface area (Å²) in [6, 6.07) is 0. The van der Waals surface area contributed by atoms with E-state index in [-0.39, 0.29) is 18.6 Å². The first-order valence-corrected chi connectivity index (χ1v) is 6.20. The molecule has 0 fully saturated rings.